The fourth-order valence-corrected chi connectivity index (χ4v) is 18.7. The van der Waals surface area contributed by atoms with Gasteiger partial charge in [-0.2, -0.15) is 0 Å². The maximum absolute atomic E-state index is 2.49. The lowest BCUT2D eigenvalue weighted by molar-refractivity contribution is 1.74. The summed E-state index contributed by atoms with van der Waals surface area (Å²) in [6.45, 7) is 0. The van der Waals surface area contributed by atoms with Crippen LogP contribution in [-0.2, 0) is 0 Å². The van der Waals surface area contributed by atoms with Crippen molar-refractivity contribution in [3.8, 4) is 11.1 Å². The van der Waals surface area contributed by atoms with Crippen LogP contribution in [0.1, 0.15) is 0 Å². The summed E-state index contributed by atoms with van der Waals surface area (Å²) in [5.41, 5.74) is 2.88. The zero-order valence-corrected chi connectivity index (χ0v) is 27.0. The number of hydrogen-bond acceptors (Lipinski definition) is 0. The molecule has 0 N–H and O–H groups in total. The first kappa shape index (κ1) is 26.4. The third kappa shape index (κ3) is 3.26. The van der Waals surface area contributed by atoms with Gasteiger partial charge in [0.25, 0.3) is 0 Å². The van der Waals surface area contributed by atoms with E-state index in [-0.39, 0.29) is 0 Å². The molecule has 0 amide bonds. The molecule has 0 bridgehead atoms. The van der Waals surface area contributed by atoms with Crippen LogP contribution < -0.4 is 42.4 Å². The summed E-state index contributed by atoms with van der Waals surface area (Å²) in [7, 11) is -4.38. The molecule has 0 aromatic heterocycles. The first-order chi connectivity index (χ1) is 22.9. The zero-order valence-electron chi connectivity index (χ0n) is 25.2. The molecule has 0 atom stereocenters. The van der Waals surface area contributed by atoms with Gasteiger partial charge < -0.3 is 0 Å². The standard InChI is InChI=1S/C44H30P2/c1-5-18-32(19-6-1)45(33-20-7-2-8-21-33)39-30-29-31-17-13-14-26-36(31)40(39)41-37-27-15-16-28-38(37)42-44(43(41)45)46(42,34-22-9-3-10-23-34)35-24-11-4-12-25-35/h1-30H/q+2. The largest absolute Gasteiger partial charge is 0.197 e. The van der Waals surface area contributed by atoms with Crippen LogP contribution in [0.5, 0.6) is 0 Å². The van der Waals surface area contributed by atoms with E-state index in [9.17, 15) is 0 Å². The Morgan fingerprint density at radius 3 is 1.24 bits per heavy atom. The fraction of sp³-hybridized carbons (Fsp3) is 0. The Morgan fingerprint density at radius 2 is 0.696 bits per heavy atom. The van der Waals surface area contributed by atoms with Crippen LogP contribution in [0.2, 0.25) is 0 Å². The molecule has 2 aliphatic heterocycles. The predicted octanol–water partition coefficient (Wildman–Crippen LogP) is 7.53. The van der Waals surface area contributed by atoms with Crippen molar-refractivity contribution in [3.05, 3.63) is 182 Å². The molecular weight excluding hydrogens is 590 g/mol. The molecule has 0 fully saturated rings. The SMILES string of the molecule is c1ccc([P+]2(c3ccccc3)c3ccc4ccccc4c3-c3c2c2c(c4ccccc34)[P+]2(c2ccccc2)c2ccccc2)cc1. The molecule has 8 aromatic rings. The van der Waals surface area contributed by atoms with Crippen LogP contribution in [0.15, 0.2) is 182 Å². The topological polar surface area (TPSA) is 0 Å². The van der Waals surface area contributed by atoms with E-state index in [4.69, 9.17) is 0 Å². The van der Waals surface area contributed by atoms with Gasteiger partial charge in [-0.25, -0.2) is 0 Å². The number of rotatable bonds is 4. The van der Waals surface area contributed by atoms with Gasteiger partial charge in [-0.1, -0.05) is 127 Å². The molecule has 0 spiro atoms. The lowest BCUT2D eigenvalue weighted by Crippen LogP contribution is -2.40. The molecule has 2 heteroatoms. The molecule has 214 valence electrons. The Morgan fingerprint density at radius 1 is 0.261 bits per heavy atom. The smallest absolute Gasteiger partial charge is 0.0620 e. The van der Waals surface area contributed by atoms with Crippen molar-refractivity contribution in [2.45, 2.75) is 0 Å². The molecule has 0 saturated heterocycles. The highest BCUT2D eigenvalue weighted by Crippen LogP contribution is 2.72. The van der Waals surface area contributed by atoms with Gasteiger partial charge in [0.15, 0.2) is 23.2 Å². The summed E-state index contributed by atoms with van der Waals surface area (Å²) in [5, 5.41) is 17.5. The van der Waals surface area contributed by atoms with Gasteiger partial charge in [-0.3, -0.25) is 0 Å². The second-order valence-electron chi connectivity index (χ2n) is 12.3. The number of fused-ring (bicyclic) bond motifs is 10. The van der Waals surface area contributed by atoms with Gasteiger partial charge in [-0.15, -0.1) is 0 Å². The van der Waals surface area contributed by atoms with Crippen LogP contribution in [0.4, 0.5) is 0 Å². The second kappa shape index (κ2) is 9.82. The normalized spacial score (nSPS) is 14.9. The molecule has 0 nitrogen and oxygen atoms in total. The summed E-state index contributed by atoms with van der Waals surface area (Å²) in [5.74, 6) is 0. The second-order valence-corrected chi connectivity index (χ2v) is 18.9. The van der Waals surface area contributed by atoms with Crippen LogP contribution in [0, 0.1) is 0 Å². The lowest BCUT2D eigenvalue weighted by atomic mass is 9.94. The van der Waals surface area contributed by atoms with Crippen LogP contribution >= 0.6 is 14.5 Å². The van der Waals surface area contributed by atoms with Crippen molar-refractivity contribution in [1.29, 1.82) is 0 Å². The third-order valence-electron chi connectivity index (χ3n) is 10.2. The van der Waals surface area contributed by atoms with Gasteiger partial charge in [-0.05, 0) is 70.8 Å². The van der Waals surface area contributed by atoms with E-state index in [0.29, 0.717) is 0 Å². The van der Waals surface area contributed by atoms with Gasteiger partial charge >= 0.3 is 0 Å². The van der Waals surface area contributed by atoms with E-state index in [1.54, 1.807) is 15.9 Å². The Hall–Kier alpha value is -4.86. The summed E-state index contributed by atoms with van der Waals surface area (Å²) in [4.78, 5) is 0. The maximum atomic E-state index is 2.49. The highest BCUT2D eigenvalue weighted by atomic mass is 31.2. The van der Waals surface area contributed by atoms with E-state index >= 15 is 0 Å². The molecule has 46 heavy (non-hydrogen) atoms. The maximum Gasteiger partial charge on any atom is 0.197 e. The molecule has 10 rings (SSSR count). The summed E-state index contributed by atoms with van der Waals surface area (Å²) in [6.07, 6.45) is 0. The lowest BCUT2D eigenvalue weighted by Gasteiger charge is -2.24. The summed E-state index contributed by atoms with van der Waals surface area (Å²) < 4.78 is 0. The predicted molar refractivity (Wildman–Crippen MR) is 204 cm³/mol. The molecule has 0 radical (unpaired) electrons. The van der Waals surface area contributed by atoms with Gasteiger partial charge in [0, 0.05) is 16.5 Å². The fourth-order valence-electron chi connectivity index (χ4n) is 8.44. The average molecular weight is 621 g/mol. The van der Waals surface area contributed by atoms with E-state index < -0.39 is 14.5 Å². The van der Waals surface area contributed by atoms with Crippen molar-refractivity contribution in [2.24, 2.45) is 0 Å². The van der Waals surface area contributed by atoms with E-state index in [0.717, 1.165) is 0 Å². The Labute approximate surface area is 270 Å². The van der Waals surface area contributed by atoms with Crippen molar-refractivity contribution in [1.82, 2.24) is 0 Å². The number of hydrogen-bond donors (Lipinski definition) is 0. The molecule has 0 aliphatic carbocycles. The Kier molecular flexibility index (Phi) is 5.63. The van der Waals surface area contributed by atoms with Crippen molar-refractivity contribution in [2.75, 3.05) is 0 Å². The van der Waals surface area contributed by atoms with Crippen LogP contribution in [-0.4, -0.2) is 0 Å². The van der Waals surface area contributed by atoms with Crippen LogP contribution in [0.3, 0.4) is 0 Å². The first-order valence-corrected chi connectivity index (χ1v) is 19.6. The Balaban J connectivity index is 1.50. The molecular formula is C44H30P2+2. The summed E-state index contributed by atoms with van der Waals surface area (Å²) >= 11 is 0. The van der Waals surface area contributed by atoms with Crippen molar-refractivity contribution in [3.63, 3.8) is 0 Å². The minimum atomic E-state index is -2.32. The zero-order chi connectivity index (χ0) is 30.3. The minimum Gasteiger partial charge on any atom is -0.0620 e. The van der Waals surface area contributed by atoms with Crippen molar-refractivity contribution < 1.29 is 0 Å². The van der Waals surface area contributed by atoms with Gasteiger partial charge in [0.1, 0.15) is 33.8 Å². The summed E-state index contributed by atoms with van der Waals surface area (Å²) in [6, 6.07) is 69.0. The highest BCUT2D eigenvalue weighted by molar-refractivity contribution is 8.13. The van der Waals surface area contributed by atoms with E-state index in [2.05, 4.69) is 182 Å². The molecule has 2 heterocycles. The first-order valence-electron chi connectivity index (χ1n) is 16.0. The van der Waals surface area contributed by atoms with Gasteiger partial charge in [0.2, 0.25) is 0 Å². The highest BCUT2D eigenvalue weighted by Gasteiger charge is 2.74. The Bertz CT molecular complexity index is 2370. The molecule has 0 unspecified atom stereocenters. The quantitative estimate of drug-likeness (QED) is 0.179. The van der Waals surface area contributed by atoms with Crippen LogP contribution in [0.25, 0.3) is 32.7 Å². The molecule has 8 aromatic carbocycles. The van der Waals surface area contributed by atoms with E-state index in [1.807, 2.05) is 0 Å². The molecule has 2 aliphatic rings. The van der Waals surface area contributed by atoms with E-state index in [1.165, 1.54) is 59.2 Å². The molecule has 0 saturated carbocycles. The van der Waals surface area contributed by atoms with Gasteiger partial charge in [0.05, 0.1) is 0 Å². The minimum absolute atomic E-state index is 1.30. The third-order valence-corrected chi connectivity index (χ3v) is 18.9. The number of benzene rings is 8. The average Bonchev–Trinajstić information content (AvgIpc) is 3.75. The monoisotopic (exact) mass is 620 g/mol. The van der Waals surface area contributed by atoms with Crippen molar-refractivity contribution >= 4 is 78.5 Å².